The number of hydrogen-bond donors (Lipinski definition) is 2. The van der Waals surface area contributed by atoms with Crippen molar-refractivity contribution in [3.63, 3.8) is 0 Å². The predicted octanol–water partition coefficient (Wildman–Crippen LogP) is 3.62. The molecule has 2 aliphatic carbocycles. The second kappa shape index (κ2) is 9.77. The second-order valence-electron chi connectivity index (χ2n) is 11.5. The minimum atomic E-state index is -0.427. The number of H-pyrrole nitrogens is 1. The molecule has 2 bridgehead atoms. The number of aromatic amines is 1. The van der Waals surface area contributed by atoms with Crippen LogP contribution in [0.2, 0.25) is 0 Å². The van der Waals surface area contributed by atoms with Crippen LogP contribution in [0.25, 0.3) is 0 Å². The fraction of sp³-hybridized carbons (Fsp3) is 0.400. The lowest BCUT2D eigenvalue weighted by Crippen LogP contribution is -2.42. The summed E-state index contributed by atoms with van der Waals surface area (Å²) in [6.45, 7) is -0.297. The molecule has 7 rings (SSSR count). The third kappa shape index (κ3) is 4.12. The van der Waals surface area contributed by atoms with Gasteiger partial charge in [0.1, 0.15) is 12.3 Å². The number of carbonyl (C=O) groups excluding carboxylic acids is 3. The molecule has 9 nitrogen and oxygen atoms in total. The van der Waals surface area contributed by atoms with Gasteiger partial charge < -0.3 is 19.9 Å². The van der Waals surface area contributed by atoms with Gasteiger partial charge in [-0.1, -0.05) is 23.5 Å². The highest BCUT2D eigenvalue weighted by atomic mass is 32.2. The van der Waals surface area contributed by atoms with Gasteiger partial charge in [-0.05, 0) is 66.1 Å². The van der Waals surface area contributed by atoms with Crippen molar-refractivity contribution in [1.82, 2.24) is 9.88 Å². The summed E-state index contributed by atoms with van der Waals surface area (Å²) in [6, 6.07) is 15.3. The van der Waals surface area contributed by atoms with Gasteiger partial charge in [-0.25, -0.2) is 0 Å². The number of hydrogen-bond acceptors (Lipinski definition) is 8. The molecule has 2 N–H and O–H groups in total. The smallest absolute Gasteiger partial charge is 0.305 e. The maximum atomic E-state index is 13.8. The molecule has 41 heavy (non-hydrogen) atoms. The summed E-state index contributed by atoms with van der Waals surface area (Å²) in [7, 11) is 5.57. The highest BCUT2D eigenvalue weighted by molar-refractivity contribution is 8.00. The van der Waals surface area contributed by atoms with Gasteiger partial charge in [-0.2, -0.15) is 0 Å². The minimum Gasteiger partial charge on any atom is -0.497 e. The topological polar surface area (TPSA) is 112 Å². The lowest BCUT2D eigenvalue weighted by Gasteiger charge is -2.43. The summed E-state index contributed by atoms with van der Waals surface area (Å²) in [6.07, 6.45) is 0.812. The number of fused-ring (bicyclic) bond motifs is 9. The van der Waals surface area contributed by atoms with Crippen LogP contribution in [0.1, 0.15) is 22.8 Å². The van der Waals surface area contributed by atoms with Crippen molar-refractivity contribution >= 4 is 52.2 Å². The standard InChI is InChI=1S/C30H30N4O5S2/c1-33(2)16-8-4-14(5-9-16)21-22-18-12-19(25(22)40-27-26(21)41-30(38)32-27)24-23(18)28(36)34(29(24)37)13-20(35)31-15-6-10-17(39-3)11-7-15/h4-11,18-19,21-25H,12-13H2,1-3H3,(H,31,35)(H,32,38)/t18?,19?,21-,22?,23?,24?,25?/m1/s1. The fourth-order valence-electron chi connectivity index (χ4n) is 7.61. The highest BCUT2D eigenvalue weighted by Gasteiger charge is 2.69. The Morgan fingerprint density at radius 2 is 1.71 bits per heavy atom. The molecule has 3 aromatic rings. The first-order valence-corrected chi connectivity index (χ1v) is 15.4. The van der Waals surface area contributed by atoms with E-state index in [0.29, 0.717) is 11.4 Å². The Balaban J connectivity index is 1.17. The largest absolute Gasteiger partial charge is 0.497 e. The van der Waals surface area contributed by atoms with E-state index < -0.39 is 17.7 Å². The molecule has 7 atom stereocenters. The lowest BCUT2D eigenvalue weighted by molar-refractivity contribution is -0.143. The molecule has 1 aromatic heterocycles. The summed E-state index contributed by atoms with van der Waals surface area (Å²) in [5, 5.41) is 3.79. The quantitative estimate of drug-likeness (QED) is 0.422. The first kappa shape index (κ1) is 26.3. The Hall–Kier alpha value is -3.57. The average molecular weight is 591 g/mol. The van der Waals surface area contributed by atoms with Crippen LogP contribution in [0.15, 0.2) is 58.4 Å². The van der Waals surface area contributed by atoms with Crippen LogP contribution < -0.4 is 19.8 Å². The van der Waals surface area contributed by atoms with E-state index in [9.17, 15) is 19.2 Å². The number of likely N-dealkylation sites (tertiary alicyclic amines) is 1. The molecule has 4 aliphatic rings. The molecule has 0 radical (unpaired) electrons. The number of thiazole rings is 1. The van der Waals surface area contributed by atoms with Gasteiger partial charge in [0.15, 0.2) is 0 Å². The number of imide groups is 1. The zero-order chi connectivity index (χ0) is 28.6. The van der Waals surface area contributed by atoms with Crippen molar-refractivity contribution < 1.29 is 19.1 Å². The van der Waals surface area contributed by atoms with E-state index in [0.717, 1.165) is 27.6 Å². The molecular formula is C30H30N4O5S2. The lowest BCUT2D eigenvalue weighted by atomic mass is 9.68. The van der Waals surface area contributed by atoms with Crippen molar-refractivity contribution in [1.29, 1.82) is 0 Å². The normalized spacial score (nSPS) is 29.2. The number of ether oxygens (including phenoxy) is 1. The zero-order valence-electron chi connectivity index (χ0n) is 22.8. The van der Waals surface area contributed by atoms with E-state index >= 15 is 0 Å². The molecule has 2 aliphatic heterocycles. The van der Waals surface area contributed by atoms with Gasteiger partial charge in [0.05, 0.1) is 24.0 Å². The van der Waals surface area contributed by atoms with E-state index in [1.54, 1.807) is 43.1 Å². The van der Waals surface area contributed by atoms with Crippen LogP contribution in [0.4, 0.5) is 11.4 Å². The van der Waals surface area contributed by atoms with E-state index in [4.69, 9.17) is 4.74 Å². The molecule has 3 heterocycles. The van der Waals surface area contributed by atoms with Crippen LogP contribution in [0, 0.1) is 29.6 Å². The number of aromatic nitrogens is 1. The van der Waals surface area contributed by atoms with Crippen LogP contribution in [-0.4, -0.2) is 60.6 Å². The number of amides is 3. The van der Waals surface area contributed by atoms with Gasteiger partial charge in [-0.3, -0.25) is 24.1 Å². The van der Waals surface area contributed by atoms with Crippen molar-refractivity contribution in [2.24, 2.45) is 29.6 Å². The molecule has 2 saturated carbocycles. The summed E-state index contributed by atoms with van der Waals surface area (Å²) in [5.41, 5.74) is 2.78. The fourth-order valence-corrected chi connectivity index (χ4v) is 10.5. The van der Waals surface area contributed by atoms with E-state index in [2.05, 4.69) is 34.6 Å². The van der Waals surface area contributed by atoms with E-state index in [-0.39, 0.29) is 52.2 Å². The number of anilines is 2. The Morgan fingerprint density at radius 1 is 1.02 bits per heavy atom. The number of benzene rings is 2. The Morgan fingerprint density at radius 3 is 2.37 bits per heavy atom. The zero-order valence-corrected chi connectivity index (χ0v) is 24.5. The molecular weight excluding hydrogens is 560 g/mol. The Kier molecular flexibility index (Phi) is 6.27. The summed E-state index contributed by atoms with van der Waals surface area (Å²) in [5.74, 6) is -0.937. The SMILES string of the molecule is COc1ccc(NC(=O)CN2C(=O)C3C4CC(C3C2=O)C2C4Sc3[nH]c(=O)sc3[C@@H]2c2ccc(N(C)C)cc2)cc1. The number of thioether (sulfide) groups is 1. The molecule has 3 fully saturated rings. The molecule has 1 saturated heterocycles. The van der Waals surface area contributed by atoms with Gasteiger partial charge in [0.2, 0.25) is 17.7 Å². The maximum absolute atomic E-state index is 13.8. The average Bonchev–Trinajstić information content (AvgIpc) is 3.69. The third-order valence-electron chi connectivity index (χ3n) is 9.26. The number of nitrogens with one attached hydrogen (secondary N) is 2. The van der Waals surface area contributed by atoms with Crippen LogP contribution in [0.3, 0.4) is 0 Å². The first-order valence-electron chi connectivity index (χ1n) is 13.7. The molecule has 11 heteroatoms. The monoisotopic (exact) mass is 590 g/mol. The van der Waals surface area contributed by atoms with E-state index in [1.807, 2.05) is 19.0 Å². The summed E-state index contributed by atoms with van der Waals surface area (Å²) in [4.78, 5) is 60.0. The number of carbonyl (C=O) groups is 3. The predicted molar refractivity (Wildman–Crippen MR) is 158 cm³/mol. The van der Waals surface area contributed by atoms with Gasteiger partial charge in [0.25, 0.3) is 0 Å². The van der Waals surface area contributed by atoms with Crippen LogP contribution >= 0.6 is 23.1 Å². The van der Waals surface area contributed by atoms with Gasteiger partial charge >= 0.3 is 4.87 Å². The van der Waals surface area contributed by atoms with Crippen LogP contribution in [0.5, 0.6) is 5.75 Å². The van der Waals surface area contributed by atoms with Crippen molar-refractivity contribution in [2.75, 3.05) is 38.0 Å². The van der Waals surface area contributed by atoms with E-state index in [1.165, 1.54) is 16.2 Å². The molecule has 0 spiro atoms. The van der Waals surface area contributed by atoms with Gasteiger partial charge in [-0.15, -0.1) is 11.8 Å². The third-order valence-corrected chi connectivity index (χ3v) is 11.8. The van der Waals surface area contributed by atoms with Crippen LogP contribution in [-0.2, 0) is 14.4 Å². The van der Waals surface area contributed by atoms with Crippen molar-refractivity contribution in [3.05, 3.63) is 68.6 Å². The Bertz CT molecular complexity index is 1600. The second-order valence-corrected chi connectivity index (χ2v) is 13.7. The first-order chi connectivity index (χ1) is 19.7. The summed E-state index contributed by atoms with van der Waals surface area (Å²) < 4.78 is 5.16. The highest BCUT2D eigenvalue weighted by Crippen LogP contribution is 2.68. The number of nitrogens with zero attached hydrogens (tertiary/aromatic N) is 2. The number of rotatable bonds is 6. The minimum absolute atomic E-state index is 0.0116. The molecule has 6 unspecified atom stereocenters. The maximum Gasteiger partial charge on any atom is 0.305 e. The van der Waals surface area contributed by atoms with Gasteiger partial charge in [0, 0.05) is 41.5 Å². The molecule has 3 amide bonds. The summed E-state index contributed by atoms with van der Waals surface area (Å²) >= 11 is 2.92. The Labute approximate surface area is 245 Å². The molecule has 212 valence electrons. The van der Waals surface area contributed by atoms with Crippen molar-refractivity contribution in [2.45, 2.75) is 22.6 Å². The number of methoxy groups -OCH3 is 1. The van der Waals surface area contributed by atoms with Crippen molar-refractivity contribution in [3.8, 4) is 5.75 Å². The molecule has 2 aromatic carbocycles.